The van der Waals surface area contributed by atoms with Gasteiger partial charge in [-0.3, -0.25) is 4.90 Å². The quantitative estimate of drug-likeness (QED) is 0.387. The summed E-state index contributed by atoms with van der Waals surface area (Å²) < 4.78 is 8.08. The zero-order chi connectivity index (χ0) is 23.8. The number of benzene rings is 2. The maximum Gasteiger partial charge on any atom is 0.164 e. The Bertz CT molecular complexity index is 1330. The number of fused-ring (bicyclic) bond motifs is 2. The Labute approximate surface area is 205 Å². The van der Waals surface area contributed by atoms with Crippen LogP contribution in [0.3, 0.4) is 0 Å². The first-order chi connectivity index (χ1) is 17.2. The maximum absolute atomic E-state index is 6.36. The van der Waals surface area contributed by atoms with Gasteiger partial charge in [-0.05, 0) is 67.5 Å². The highest BCUT2D eigenvalue weighted by Gasteiger charge is 2.38. The lowest BCUT2D eigenvalue weighted by atomic mass is 9.79. The number of nitrogen functional groups attached to an aromatic ring is 1. The summed E-state index contributed by atoms with van der Waals surface area (Å²) in [5.41, 5.74) is 8.98. The van der Waals surface area contributed by atoms with Crippen molar-refractivity contribution in [3.63, 3.8) is 0 Å². The smallest absolute Gasteiger partial charge is 0.164 e. The fourth-order valence-corrected chi connectivity index (χ4v) is 5.82. The van der Waals surface area contributed by atoms with Crippen molar-refractivity contribution in [2.45, 2.75) is 25.3 Å². The first-order valence-electron chi connectivity index (χ1n) is 12.3. The second kappa shape index (κ2) is 9.15. The van der Waals surface area contributed by atoms with Gasteiger partial charge >= 0.3 is 0 Å². The molecule has 178 valence electrons. The minimum absolute atomic E-state index is 0.311. The molecular formula is C28H30N6O. The average Bonchev–Trinajstić information content (AvgIpc) is 3.47. The largest absolute Gasteiger partial charge is 0.457 e. The van der Waals surface area contributed by atoms with Crippen LogP contribution in [-0.2, 0) is 0 Å². The van der Waals surface area contributed by atoms with Crippen LogP contribution in [-0.4, -0.2) is 44.3 Å². The van der Waals surface area contributed by atoms with Crippen LogP contribution < -0.4 is 10.5 Å². The number of aromatic nitrogens is 4. The first kappa shape index (κ1) is 21.8. The lowest BCUT2D eigenvalue weighted by molar-refractivity contribution is 0.219. The summed E-state index contributed by atoms with van der Waals surface area (Å²) in [6.45, 7) is 7.21. The van der Waals surface area contributed by atoms with Crippen molar-refractivity contribution >= 4 is 16.9 Å². The second-order valence-corrected chi connectivity index (χ2v) is 9.68. The number of nitrogens with zero attached hydrogens (tertiary/aromatic N) is 5. The van der Waals surface area contributed by atoms with Gasteiger partial charge in [0.25, 0.3) is 0 Å². The van der Waals surface area contributed by atoms with E-state index in [2.05, 4.69) is 26.1 Å². The van der Waals surface area contributed by atoms with E-state index in [0.29, 0.717) is 17.8 Å². The number of anilines is 1. The van der Waals surface area contributed by atoms with E-state index in [0.717, 1.165) is 65.6 Å². The van der Waals surface area contributed by atoms with E-state index < -0.39 is 0 Å². The molecule has 1 aliphatic heterocycles. The van der Waals surface area contributed by atoms with Gasteiger partial charge in [-0.25, -0.2) is 14.6 Å². The molecule has 1 aliphatic carbocycles. The van der Waals surface area contributed by atoms with Crippen molar-refractivity contribution in [3.05, 3.63) is 73.6 Å². The Morgan fingerprint density at radius 2 is 1.74 bits per heavy atom. The topological polar surface area (TPSA) is 82.1 Å². The average molecular weight is 467 g/mol. The van der Waals surface area contributed by atoms with Crippen LogP contribution in [0.15, 0.2) is 73.6 Å². The van der Waals surface area contributed by atoms with Crippen LogP contribution >= 0.6 is 0 Å². The number of ether oxygens (including phenoxy) is 1. The number of hydrogen-bond donors (Lipinski definition) is 1. The summed E-state index contributed by atoms with van der Waals surface area (Å²) in [5.74, 6) is 3.50. The highest BCUT2D eigenvalue weighted by molar-refractivity contribution is 5.98. The van der Waals surface area contributed by atoms with Crippen molar-refractivity contribution in [2.75, 3.05) is 25.4 Å². The van der Waals surface area contributed by atoms with Crippen LogP contribution in [0.1, 0.15) is 25.3 Å². The zero-order valence-electron chi connectivity index (χ0n) is 19.8. The molecule has 0 radical (unpaired) electrons. The third kappa shape index (κ3) is 4.17. The SMILES string of the molecule is C=CCN1CC2CCC(n3nc(-c4ccc(Oc5ccccc5)cc4)c4c(N)ncnc43)CC2C1. The molecule has 3 heterocycles. The van der Waals surface area contributed by atoms with Gasteiger partial charge in [-0.2, -0.15) is 5.10 Å². The number of nitrogens with two attached hydrogens (primary N) is 1. The molecule has 2 fully saturated rings. The second-order valence-electron chi connectivity index (χ2n) is 9.68. The molecule has 3 atom stereocenters. The molecule has 6 rings (SSSR count). The summed E-state index contributed by atoms with van der Waals surface area (Å²) in [6, 6.07) is 18.1. The molecule has 7 nitrogen and oxygen atoms in total. The third-order valence-corrected chi connectivity index (χ3v) is 7.46. The van der Waals surface area contributed by atoms with Gasteiger partial charge in [0.15, 0.2) is 5.65 Å². The maximum atomic E-state index is 6.36. The minimum Gasteiger partial charge on any atom is -0.457 e. The van der Waals surface area contributed by atoms with E-state index in [1.165, 1.54) is 13.0 Å². The van der Waals surface area contributed by atoms with Gasteiger partial charge in [-0.15, -0.1) is 6.58 Å². The monoisotopic (exact) mass is 466 g/mol. The van der Waals surface area contributed by atoms with Crippen molar-refractivity contribution in [1.29, 1.82) is 0 Å². The highest BCUT2D eigenvalue weighted by Crippen LogP contribution is 2.43. The predicted octanol–water partition coefficient (Wildman–Crippen LogP) is 5.33. The lowest BCUT2D eigenvalue weighted by Gasteiger charge is -2.31. The van der Waals surface area contributed by atoms with E-state index in [1.807, 2.05) is 60.7 Å². The van der Waals surface area contributed by atoms with Gasteiger partial charge in [-0.1, -0.05) is 24.3 Å². The summed E-state index contributed by atoms with van der Waals surface area (Å²) in [4.78, 5) is 11.4. The molecule has 0 bridgehead atoms. The molecule has 35 heavy (non-hydrogen) atoms. The Kier molecular flexibility index (Phi) is 5.70. The van der Waals surface area contributed by atoms with E-state index in [9.17, 15) is 0 Å². The predicted molar refractivity (Wildman–Crippen MR) is 138 cm³/mol. The number of hydrogen-bond acceptors (Lipinski definition) is 6. The van der Waals surface area contributed by atoms with Crippen molar-refractivity contribution in [1.82, 2.24) is 24.6 Å². The van der Waals surface area contributed by atoms with Crippen molar-refractivity contribution in [2.24, 2.45) is 11.8 Å². The molecule has 0 amide bonds. The molecule has 7 heteroatoms. The van der Waals surface area contributed by atoms with Crippen LogP contribution in [0.4, 0.5) is 5.82 Å². The standard InChI is InChI=1S/C28H30N6O/c1-2-14-33-16-20-8-11-22(15-21(20)17-33)34-28-25(27(29)30-18-31-28)26(32-34)19-9-12-24(13-10-19)35-23-6-4-3-5-7-23/h2-7,9-10,12-13,18,20-22H,1,8,11,14-17H2,(H2,29,30,31). The van der Waals surface area contributed by atoms with E-state index >= 15 is 0 Å². The van der Waals surface area contributed by atoms with Crippen molar-refractivity contribution < 1.29 is 4.74 Å². The van der Waals surface area contributed by atoms with Gasteiger partial charge in [0.05, 0.1) is 11.4 Å². The third-order valence-electron chi connectivity index (χ3n) is 7.46. The molecule has 3 unspecified atom stereocenters. The van der Waals surface area contributed by atoms with Gasteiger partial charge in [0.1, 0.15) is 29.3 Å². The fourth-order valence-electron chi connectivity index (χ4n) is 5.82. The fraction of sp³-hybridized carbons (Fsp3) is 0.321. The molecule has 2 aromatic carbocycles. The Balaban J connectivity index is 1.30. The summed E-state index contributed by atoms with van der Waals surface area (Å²) in [6.07, 6.45) is 6.99. The van der Waals surface area contributed by atoms with E-state index in [-0.39, 0.29) is 0 Å². The first-order valence-corrected chi connectivity index (χ1v) is 12.3. The van der Waals surface area contributed by atoms with Gasteiger partial charge < -0.3 is 10.5 Å². The Morgan fingerprint density at radius 3 is 2.54 bits per heavy atom. The molecular weight excluding hydrogens is 436 g/mol. The summed E-state index contributed by atoms with van der Waals surface area (Å²) >= 11 is 0. The minimum atomic E-state index is 0.311. The van der Waals surface area contributed by atoms with Gasteiger partial charge in [0, 0.05) is 25.2 Å². The number of likely N-dealkylation sites (tertiary alicyclic amines) is 1. The Hall–Kier alpha value is -3.71. The van der Waals surface area contributed by atoms with E-state index in [1.54, 1.807) is 6.33 Å². The summed E-state index contributed by atoms with van der Waals surface area (Å²) in [5, 5.41) is 5.92. The number of rotatable bonds is 6. The molecule has 2 N–H and O–H groups in total. The summed E-state index contributed by atoms with van der Waals surface area (Å²) in [7, 11) is 0. The zero-order valence-corrected chi connectivity index (χ0v) is 19.8. The van der Waals surface area contributed by atoms with Crippen LogP contribution in [0.5, 0.6) is 11.5 Å². The normalized spacial score (nSPS) is 22.2. The van der Waals surface area contributed by atoms with Crippen LogP contribution in [0, 0.1) is 11.8 Å². The van der Waals surface area contributed by atoms with Crippen LogP contribution in [0.2, 0.25) is 0 Å². The molecule has 4 aromatic rings. The lowest BCUT2D eigenvalue weighted by Crippen LogP contribution is -2.26. The highest BCUT2D eigenvalue weighted by atomic mass is 16.5. The van der Waals surface area contributed by atoms with Gasteiger partial charge in [0.2, 0.25) is 0 Å². The van der Waals surface area contributed by atoms with Crippen LogP contribution in [0.25, 0.3) is 22.3 Å². The number of para-hydroxylation sites is 1. The molecule has 0 spiro atoms. The Morgan fingerprint density at radius 1 is 0.971 bits per heavy atom. The molecule has 2 aliphatic rings. The van der Waals surface area contributed by atoms with E-state index in [4.69, 9.17) is 15.6 Å². The molecule has 1 saturated heterocycles. The molecule has 2 aromatic heterocycles. The van der Waals surface area contributed by atoms with Crippen molar-refractivity contribution in [3.8, 4) is 22.8 Å². The molecule has 1 saturated carbocycles.